The van der Waals surface area contributed by atoms with Crippen LogP contribution in [0.25, 0.3) is 0 Å². The number of aryl methyl sites for hydroxylation is 1. The van der Waals surface area contributed by atoms with Crippen molar-refractivity contribution in [2.45, 2.75) is 37.9 Å². The Morgan fingerprint density at radius 2 is 2.00 bits per heavy atom. The average Bonchev–Trinajstić information content (AvgIpc) is 3.06. The van der Waals surface area contributed by atoms with E-state index in [0.29, 0.717) is 37.8 Å². The molecule has 2 aliphatic heterocycles. The zero-order chi connectivity index (χ0) is 19.7. The summed E-state index contributed by atoms with van der Waals surface area (Å²) in [7, 11) is -3.51. The van der Waals surface area contributed by atoms with E-state index in [1.54, 1.807) is 22.5 Å². The second kappa shape index (κ2) is 8.12. The minimum Gasteiger partial charge on any atom is -0.376 e. The number of sulfonamides is 1. The maximum atomic E-state index is 12.9. The molecule has 3 heterocycles. The lowest BCUT2D eigenvalue weighted by atomic mass is 10.1. The van der Waals surface area contributed by atoms with Crippen LogP contribution in [0.3, 0.4) is 0 Å². The van der Waals surface area contributed by atoms with Crippen molar-refractivity contribution in [2.24, 2.45) is 0 Å². The SMILES string of the molecule is CCn1nc(CN2CCN(S(=O)(=O)c3cccc(Cl)c3)CC2)c2c1CCOC2. The fourth-order valence-corrected chi connectivity index (χ4v) is 5.61. The lowest BCUT2D eigenvalue weighted by Gasteiger charge is -2.33. The maximum absolute atomic E-state index is 12.9. The molecule has 28 heavy (non-hydrogen) atoms. The first-order valence-corrected chi connectivity index (χ1v) is 11.4. The van der Waals surface area contributed by atoms with E-state index in [1.807, 2.05) is 0 Å². The highest BCUT2D eigenvalue weighted by atomic mass is 35.5. The quantitative estimate of drug-likeness (QED) is 0.735. The van der Waals surface area contributed by atoms with Crippen molar-refractivity contribution in [2.75, 3.05) is 32.8 Å². The lowest BCUT2D eigenvalue weighted by molar-refractivity contribution is 0.107. The summed E-state index contributed by atoms with van der Waals surface area (Å²) in [4.78, 5) is 2.52. The van der Waals surface area contributed by atoms with Gasteiger partial charge < -0.3 is 4.74 Å². The highest BCUT2D eigenvalue weighted by Gasteiger charge is 2.30. The highest BCUT2D eigenvalue weighted by molar-refractivity contribution is 7.89. The number of benzene rings is 1. The number of rotatable bonds is 5. The van der Waals surface area contributed by atoms with Crippen LogP contribution in [-0.4, -0.2) is 60.2 Å². The minimum absolute atomic E-state index is 0.251. The van der Waals surface area contributed by atoms with Crippen molar-refractivity contribution >= 4 is 21.6 Å². The van der Waals surface area contributed by atoms with E-state index in [4.69, 9.17) is 21.4 Å². The number of nitrogens with zero attached hydrogens (tertiary/aromatic N) is 4. The summed E-state index contributed by atoms with van der Waals surface area (Å²) >= 11 is 5.96. The molecule has 4 rings (SSSR count). The molecule has 0 bridgehead atoms. The number of halogens is 1. The van der Waals surface area contributed by atoms with Gasteiger partial charge in [-0.1, -0.05) is 17.7 Å². The molecule has 7 nitrogen and oxygen atoms in total. The molecule has 1 saturated heterocycles. The van der Waals surface area contributed by atoms with E-state index < -0.39 is 10.0 Å². The summed E-state index contributed by atoms with van der Waals surface area (Å²) in [6, 6.07) is 6.45. The van der Waals surface area contributed by atoms with Crippen molar-refractivity contribution in [3.05, 3.63) is 46.2 Å². The Morgan fingerprint density at radius 3 is 2.71 bits per heavy atom. The number of hydrogen-bond donors (Lipinski definition) is 0. The second-order valence-electron chi connectivity index (χ2n) is 7.13. The third-order valence-electron chi connectivity index (χ3n) is 5.42. The molecule has 1 fully saturated rings. The van der Waals surface area contributed by atoms with Crippen LogP contribution < -0.4 is 0 Å². The Hall–Kier alpha value is -1.45. The highest BCUT2D eigenvalue weighted by Crippen LogP contribution is 2.24. The van der Waals surface area contributed by atoms with Crippen molar-refractivity contribution in [1.29, 1.82) is 0 Å². The van der Waals surface area contributed by atoms with Gasteiger partial charge in [0.1, 0.15) is 0 Å². The van der Waals surface area contributed by atoms with E-state index in [0.717, 1.165) is 31.8 Å². The molecule has 152 valence electrons. The van der Waals surface area contributed by atoms with Crippen LogP contribution in [0.1, 0.15) is 23.9 Å². The van der Waals surface area contributed by atoms with Gasteiger partial charge in [0, 0.05) is 62.0 Å². The fourth-order valence-electron chi connectivity index (χ4n) is 3.88. The third-order valence-corrected chi connectivity index (χ3v) is 7.55. The first-order valence-electron chi connectivity index (χ1n) is 9.62. The number of fused-ring (bicyclic) bond motifs is 1. The molecule has 2 aromatic rings. The summed E-state index contributed by atoms with van der Waals surface area (Å²) in [6.45, 7) is 7.32. The van der Waals surface area contributed by atoms with Gasteiger partial charge in [-0.25, -0.2) is 8.42 Å². The van der Waals surface area contributed by atoms with E-state index in [2.05, 4.69) is 16.5 Å². The largest absolute Gasteiger partial charge is 0.376 e. The molecule has 0 N–H and O–H groups in total. The number of aromatic nitrogens is 2. The Morgan fingerprint density at radius 1 is 1.21 bits per heavy atom. The van der Waals surface area contributed by atoms with E-state index in [1.165, 1.54) is 17.3 Å². The Kier molecular flexibility index (Phi) is 5.76. The molecule has 0 amide bonds. The van der Waals surface area contributed by atoms with Crippen LogP contribution >= 0.6 is 11.6 Å². The van der Waals surface area contributed by atoms with Gasteiger partial charge in [-0.15, -0.1) is 0 Å². The van der Waals surface area contributed by atoms with Gasteiger partial charge in [-0.05, 0) is 25.1 Å². The van der Waals surface area contributed by atoms with Crippen LogP contribution in [0.15, 0.2) is 29.2 Å². The van der Waals surface area contributed by atoms with Gasteiger partial charge in [0.05, 0.1) is 23.8 Å². The van der Waals surface area contributed by atoms with Gasteiger partial charge in [0.15, 0.2) is 0 Å². The number of ether oxygens (including phenoxy) is 1. The minimum atomic E-state index is -3.51. The molecular formula is C19H25ClN4O3S. The van der Waals surface area contributed by atoms with Gasteiger partial charge in [0.25, 0.3) is 0 Å². The smallest absolute Gasteiger partial charge is 0.243 e. The summed E-state index contributed by atoms with van der Waals surface area (Å²) in [5, 5.41) is 5.21. The van der Waals surface area contributed by atoms with Gasteiger partial charge in [-0.2, -0.15) is 9.40 Å². The molecule has 1 aromatic heterocycles. The normalized spacial score (nSPS) is 18.9. The Bertz CT molecular complexity index is 952. The Labute approximate surface area is 170 Å². The molecule has 0 aliphatic carbocycles. The van der Waals surface area contributed by atoms with Crippen molar-refractivity contribution in [3.8, 4) is 0 Å². The van der Waals surface area contributed by atoms with Crippen molar-refractivity contribution in [3.63, 3.8) is 0 Å². The number of hydrogen-bond acceptors (Lipinski definition) is 5. The molecule has 0 atom stereocenters. The fraction of sp³-hybridized carbons (Fsp3) is 0.526. The summed E-state index contributed by atoms with van der Waals surface area (Å²) in [5.74, 6) is 0. The van der Waals surface area contributed by atoms with Gasteiger partial charge >= 0.3 is 0 Å². The van der Waals surface area contributed by atoms with Crippen molar-refractivity contribution < 1.29 is 13.2 Å². The van der Waals surface area contributed by atoms with Crippen LogP contribution in [0.2, 0.25) is 5.02 Å². The van der Waals surface area contributed by atoms with Crippen LogP contribution in [0, 0.1) is 0 Å². The predicted molar refractivity (Wildman–Crippen MR) is 107 cm³/mol. The second-order valence-corrected chi connectivity index (χ2v) is 9.50. The first kappa shape index (κ1) is 19.8. The summed E-state index contributed by atoms with van der Waals surface area (Å²) in [6.07, 6.45) is 0.905. The molecule has 0 saturated carbocycles. The molecular weight excluding hydrogens is 400 g/mol. The zero-order valence-corrected chi connectivity index (χ0v) is 17.5. The van der Waals surface area contributed by atoms with Gasteiger partial charge in [-0.3, -0.25) is 9.58 Å². The molecule has 2 aliphatic rings. The average molecular weight is 425 g/mol. The van der Waals surface area contributed by atoms with Crippen LogP contribution in [-0.2, 0) is 40.9 Å². The Balaban J connectivity index is 1.43. The van der Waals surface area contributed by atoms with Crippen LogP contribution in [0.5, 0.6) is 0 Å². The van der Waals surface area contributed by atoms with Crippen molar-refractivity contribution in [1.82, 2.24) is 19.0 Å². The zero-order valence-electron chi connectivity index (χ0n) is 16.0. The maximum Gasteiger partial charge on any atom is 0.243 e. The van der Waals surface area contributed by atoms with E-state index >= 15 is 0 Å². The standard InChI is InChI=1S/C19H25ClN4O3S/c1-2-24-19-6-11-27-14-17(19)18(21-24)13-22-7-9-23(10-8-22)28(25,26)16-5-3-4-15(20)12-16/h3-5,12H,2,6-11,13-14H2,1H3. The number of piperazine rings is 1. The van der Waals surface area contributed by atoms with E-state index in [9.17, 15) is 8.42 Å². The lowest BCUT2D eigenvalue weighted by Crippen LogP contribution is -2.48. The van der Waals surface area contributed by atoms with Crippen LogP contribution in [0.4, 0.5) is 0 Å². The van der Waals surface area contributed by atoms with Gasteiger partial charge in [0.2, 0.25) is 10.0 Å². The molecule has 1 aromatic carbocycles. The van der Waals surface area contributed by atoms with E-state index in [-0.39, 0.29) is 4.90 Å². The first-order chi connectivity index (χ1) is 13.5. The predicted octanol–water partition coefficient (Wildman–Crippen LogP) is 2.14. The monoisotopic (exact) mass is 424 g/mol. The molecule has 0 spiro atoms. The summed E-state index contributed by atoms with van der Waals surface area (Å²) in [5.41, 5.74) is 3.55. The topological polar surface area (TPSA) is 67.7 Å². The molecule has 0 unspecified atom stereocenters. The summed E-state index contributed by atoms with van der Waals surface area (Å²) < 4.78 is 35.0. The molecule has 9 heteroatoms. The molecule has 0 radical (unpaired) electrons. The third kappa shape index (κ3) is 3.84.